The van der Waals surface area contributed by atoms with E-state index in [1.165, 1.54) is 32.9 Å². The second-order valence-electron chi connectivity index (χ2n) is 10.2. The highest BCUT2D eigenvalue weighted by Gasteiger charge is 2.12. The molecule has 0 bridgehead atoms. The number of terminal acetylenes is 1. The number of halogens is 2. The monoisotopic (exact) mass is 651 g/mol. The van der Waals surface area contributed by atoms with Crippen molar-refractivity contribution in [3.05, 3.63) is 94.3 Å². The van der Waals surface area contributed by atoms with Gasteiger partial charge in [0.2, 0.25) is 0 Å². The van der Waals surface area contributed by atoms with Crippen LogP contribution in [0.2, 0.25) is 0 Å². The molecule has 0 aliphatic carbocycles. The fourth-order valence-electron chi connectivity index (χ4n) is 3.41. The molecule has 1 atom stereocenters. The zero-order valence-electron chi connectivity index (χ0n) is 30.9. The van der Waals surface area contributed by atoms with Gasteiger partial charge in [0.05, 0.1) is 17.5 Å². The lowest BCUT2D eigenvalue weighted by Crippen LogP contribution is -2.15. The van der Waals surface area contributed by atoms with Crippen molar-refractivity contribution in [2.75, 3.05) is 5.32 Å². The van der Waals surface area contributed by atoms with Gasteiger partial charge in [0.1, 0.15) is 6.29 Å². The third-order valence-corrected chi connectivity index (χ3v) is 6.20. The van der Waals surface area contributed by atoms with E-state index in [0.29, 0.717) is 16.8 Å². The van der Waals surface area contributed by atoms with Gasteiger partial charge in [0, 0.05) is 23.0 Å². The van der Waals surface area contributed by atoms with E-state index in [1.807, 2.05) is 65.0 Å². The molecular weight excluding hydrogens is 592 g/mol. The molecule has 2 aromatic rings. The number of nitrogens with one attached hydrogen (secondary N) is 1. The molecule has 0 fully saturated rings. The molecule has 5 nitrogen and oxygen atoms in total. The topological polar surface area (TPSA) is 84.5 Å². The SMILES string of the molecule is C#CC(N)CCC.CC.CC=O.CCCC.C\C=C/C=C(Nc1ccc(C(C)=O)c(C)c1)\C(C)=N\C=C(/C)c1ccc(C)c(F)c1F. The third-order valence-electron chi connectivity index (χ3n) is 6.20. The van der Waals surface area contributed by atoms with Crippen LogP contribution in [0.3, 0.4) is 0 Å². The Morgan fingerprint density at radius 3 is 1.94 bits per heavy atom. The summed E-state index contributed by atoms with van der Waals surface area (Å²) in [4.78, 5) is 24.9. The van der Waals surface area contributed by atoms with Crippen LogP contribution in [0.4, 0.5) is 14.5 Å². The average molecular weight is 652 g/mol. The Morgan fingerprint density at radius 1 is 0.957 bits per heavy atom. The largest absolute Gasteiger partial charge is 0.354 e. The summed E-state index contributed by atoms with van der Waals surface area (Å²) < 4.78 is 28.1. The smallest absolute Gasteiger partial charge is 0.166 e. The maximum atomic E-state index is 14.3. The Bertz CT molecular complexity index is 1360. The van der Waals surface area contributed by atoms with Crippen LogP contribution in [-0.4, -0.2) is 23.8 Å². The molecule has 3 N–H and O–H groups in total. The number of hydrogen-bond acceptors (Lipinski definition) is 5. The molecule has 0 spiro atoms. The lowest BCUT2D eigenvalue weighted by Gasteiger charge is -2.12. The van der Waals surface area contributed by atoms with Gasteiger partial charge in [-0.3, -0.25) is 9.79 Å². The first-order valence-electron chi connectivity index (χ1n) is 16.3. The summed E-state index contributed by atoms with van der Waals surface area (Å²) in [5.41, 5.74) is 10.1. The molecule has 7 heteroatoms. The predicted molar refractivity (Wildman–Crippen MR) is 201 cm³/mol. The molecule has 260 valence electrons. The number of aryl methyl sites for hydroxylation is 2. The van der Waals surface area contributed by atoms with E-state index in [2.05, 4.69) is 37.0 Å². The number of rotatable bonds is 10. The lowest BCUT2D eigenvalue weighted by atomic mass is 10.0. The fourth-order valence-corrected chi connectivity index (χ4v) is 3.41. The van der Waals surface area contributed by atoms with E-state index in [-0.39, 0.29) is 23.0 Å². The number of nitrogens with two attached hydrogens (primary N) is 1. The van der Waals surface area contributed by atoms with Crippen LogP contribution in [0, 0.1) is 37.8 Å². The van der Waals surface area contributed by atoms with Crippen molar-refractivity contribution in [2.45, 2.75) is 115 Å². The molecule has 0 saturated heterocycles. The Balaban J connectivity index is -0.00000101. The van der Waals surface area contributed by atoms with Crippen molar-refractivity contribution >= 4 is 29.0 Å². The minimum absolute atomic E-state index is 0.0202. The highest BCUT2D eigenvalue weighted by Crippen LogP contribution is 2.23. The number of anilines is 1. The Kier molecular flexibility index (Phi) is 29.4. The van der Waals surface area contributed by atoms with Crippen molar-refractivity contribution < 1.29 is 18.4 Å². The van der Waals surface area contributed by atoms with Gasteiger partial charge < -0.3 is 15.8 Å². The van der Waals surface area contributed by atoms with Crippen LogP contribution in [0.15, 0.2) is 65.4 Å². The first kappa shape index (κ1) is 47.3. The molecule has 2 aromatic carbocycles. The molecule has 1 unspecified atom stereocenters. The van der Waals surface area contributed by atoms with Crippen molar-refractivity contribution in [2.24, 2.45) is 10.7 Å². The number of benzene rings is 2. The minimum atomic E-state index is -0.870. The van der Waals surface area contributed by atoms with Gasteiger partial charge >= 0.3 is 0 Å². The van der Waals surface area contributed by atoms with Gasteiger partial charge in [-0.05, 0) is 95.9 Å². The van der Waals surface area contributed by atoms with Gasteiger partial charge in [-0.15, -0.1) is 6.42 Å². The number of carbonyl (C=O) groups is 2. The highest BCUT2D eigenvalue weighted by molar-refractivity contribution is 6.02. The second-order valence-corrected chi connectivity index (χ2v) is 10.2. The molecule has 2 rings (SSSR count). The molecule has 0 saturated carbocycles. The first-order chi connectivity index (χ1) is 22.3. The second kappa shape index (κ2) is 29.3. The Hall–Kier alpha value is -4.15. The lowest BCUT2D eigenvalue weighted by molar-refractivity contribution is -0.106. The van der Waals surface area contributed by atoms with E-state index in [0.717, 1.165) is 36.1 Å². The molecule has 0 aliphatic rings. The Labute approximate surface area is 284 Å². The van der Waals surface area contributed by atoms with Gasteiger partial charge in [-0.2, -0.15) is 0 Å². The number of aliphatic imine (C=N–C) groups is 1. The van der Waals surface area contributed by atoms with Crippen molar-refractivity contribution in [3.63, 3.8) is 0 Å². The molecule has 0 radical (unpaired) electrons. The molecule has 0 aromatic heterocycles. The predicted octanol–water partition coefficient (Wildman–Crippen LogP) is 11.0. The van der Waals surface area contributed by atoms with Crippen molar-refractivity contribution in [3.8, 4) is 12.3 Å². The summed E-state index contributed by atoms with van der Waals surface area (Å²) >= 11 is 0. The van der Waals surface area contributed by atoms with Gasteiger partial charge in [-0.1, -0.05) is 84.1 Å². The maximum absolute atomic E-state index is 14.3. The number of allylic oxidation sites excluding steroid dienone is 5. The van der Waals surface area contributed by atoms with E-state index in [9.17, 15) is 13.6 Å². The first-order valence-corrected chi connectivity index (χ1v) is 16.3. The third kappa shape index (κ3) is 20.6. The minimum Gasteiger partial charge on any atom is -0.354 e. The van der Waals surface area contributed by atoms with Crippen molar-refractivity contribution in [1.82, 2.24) is 0 Å². The average Bonchev–Trinajstić information content (AvgIpc) is 3.06. The zero-order valence-corrected chi connectivity index (χ0v) is 30.9. The number of aldehydes is 1. The summed E-state index contributed by atoms with van der Waals surface area (Å²) in [7, 11) is 0. The summed E-state index contributed by atoms with van der Waals surface area (Å²) in [5, 5.41) is 3.32. The van der Waals surface area contributed by atoms with Crippen LogP contribution in [0.1, 0.15) is 122 Å². The number of hydrogen-bond donors (Lipinski definition) is 2. The molecule has 0 amide bonds. The van der Waals surface area contributed by atoms with E-state index in [1.54, 1.807) is 32.0 Å². The van der Waals surface area contributed by atoms with E-state index < -0.39 is 11.6 Å². The highest BCUT2D eigenvalue weighted by atomic mass is 19.2. The van der Waals surface area contributed by atoms with Gasteiger partial charge in [0.15, 0.2) is 17.4 Å². The summed E-state index contributed by atoms with van der Waals surface area (Å²) in [5.74, 6) is 0.752. The molecular formula is C40H59F2N3O2. The summed E-state index contributed by atoms with van der Waals surface area (Å²) in [6.45, 7) is 22.3. The van der Waals surface area contributed by atoms with Gasteiger partial charge in [-0.25, -0.2) is 8.78 Å². The number of nitrogens with zero attached hydrogens (tertiary/aromatic N) is 1. The van der Waals surface area contributed by atoms with Crippen LogP contribution in [0.25, 0.3) is 5.57 Å². The van der Waals surface area contributed by atoms with Crippen molar-refractivity contribution in [1.29, 1.82) is 0 Å². The van der Waals surface area contributed by atoms with Crippen LogP contribution in [0.5, 0.6) is 0 Å². The normalized spacial score (nSPS) is 11.6. The Morgan fingerprint density at radius 2 is 1.51 bits per heavy atom. The van der Waals surface area contributed by atoms with E-state index >= 15 is 0 Å². The fraction of sp³-hybridized carbons (Fsp3) is 0.425. The molecule has 0 aliphatic heterocycles. The van der Waals surface area contributed by atoms with Gasteiger partial charge in [0.25, 0.3) is 0 Å². The molecule has 47 heavy (non-hydrogen) atoms. The zero-order chi connectivity index (χ0) is 36.9. The summed E-state index contributed by atoms with van der Waals surface area (Å²) in [6.07, 6.45) is 17.6. The van der Waals surface area contributed by atoms with Crippen LogP contribution in [-0.2, 0) is 4.79 Å². The number of ketones is 1. The number of carbonyl (C=O) groups excluding carboxylic acids is 2. The number of unbranched alkanes of at least 4 members (excludes halogenated alkanes) is 1. The molecule has 0 heterocycles. The maximum Gasteiger partial charge on any atom is 0.166 e. The van der Waals surface area contributed by atoms with Crippen LogP contribution < -0.4 is 11.1 Å². The van der Waals surface area contributed by atoms with Crippen LogP contribution >= 0.6 is 0 Å². The van der Waals surface area contributed by atoms with E-state index in [4.69, 9.17) is 17.0 Å². The number of Topliss-reactive ketones (excluding diaryl/α,β-unsaturated/α-hetero) is 1. The summed E-state index contributed by atoms with van der Waals surface area (Å²) in [6, 6.07) is 8.61. The standard InChI is InChI=1S/C26H28F2N2O.C6H11N.C4H10.C2H4O.C2H6/c1-7-8-9-24(30-21-11-13-22(20(6)31)17(3)14-21)19(5)29-15-18(4)23-12-10-16(2)25(27)26(23)28;1-3-5-6(7)4-2;1-3-4-2;1-2-3;1-2/h7-15,30H,1-6H3;2,6H,3,5,7H2,1H3;3-4H2,1-2H3;2H,1H3;1-2H3/b8-7-,18-15+,24-9+,29-19+;;;;. The quantitative estimate of drug-likeness (QED) is 0.0880.